The summed E-state index contributed by atoms with van der Waals surface area (Å²) in [5, 5.41) is 3.91. The van der Waals surface area contributed by atoms with E-state index < -0.39 is 0 Å². The lowest BCUT2D eigenvalue weighted by Gasteiger charge is -2.13. The molecule has 2 N–H and O–H groups in total. The number of methoxy groups -OCH3 is 1. The average Bonchev–Trinajstić information content (AvgIpc) is 2.90. The van der Waals surface area contributed by atoms with Crippen molar-refractivity contribution < 1.29 is 4.74 Å². The number of anilines is 2. The van der Waals surface area contributed by atoms with Gasteiger partial charge in [-0.2, -0.15) is 9.97 Å². The Hall–Kier alpha value is -2.05. The molecule has 0 aliphatic rings. The second-order valence-corrected chi connectivity index (χ2v) is 5.11. The minimum atomic E-state index is 0.113. The molecule has 0 aliphatic carbocycles. The van der Waals surface area contributed by atoms with Gasteiger partial charge in [0, 0.05) is 11.1 Å². The second kappa shape index (κ2) is 5.38. The molecule has 0 amide bonds. The van der Waals surface area contributed by atoms with Crippen LogP contribution in [-0.2, 0) is 0 Å². The van der Waals surface area contributed by atoms with E-state index in [9.17, 15) is 0 Å². The molecule has 6 nitrogen and oxygen atoms in total. The van der Waals surface area contributed by atoms with Gasteiger partial charge in [-0.05, 0) is 30.2 Å². The fourth-order valence-corrected chi connectivity index (χ4v) is 2.27. The summed E-state index contributed by atoms with van der Waals surface area (Å²) in [7, 11) is 1.57. The molecule has 2 heterocycles. The predicted octanol–water partition coefficient (Wildman–Crippen LogP) is 3.72. The van der Waals surface area contributed by atoms with Crippen molar-refractivity contribution >= 4 is 45.9 Å². The summed E-state index contributed by atoms with van der Waals surface area (Å²) < 4.78 is 5.33. The van der Waals surface area contributed by atoms with Crippen molar-refractivity contribution in [3.63, 3.8) is 0 Å². The number of aromatic nitrogens is 4. The molecular weight excluding hydrogens is 313 g/mol. The molecule has 21 heavy (non-hydrogen) atoms. The van der Waals surface area contributed by atoms with Gasteiger partial charge in [-0.1, -0.05) is 11.6 Å². The third-order valence-corrected chi connectivity index (χ3v) is 3.57. The van der Waals surface area contributed by atoms with E-state index in [2.05, 4.69) is 25.3 Å². The van der Waals surface area contributed by atoms with Crippen LogP contribution in [0.4, 0.5) is 11.5 Å². The van der Waals surface area contributed by atoms with Crippen LogP contribution in [0.2, 0.25) is 10.3 Å². The van der Waals surface area contributed by atoms with Crippen LogP contribution in [-0.4, -0.2) is 27.0 Å². The Kier molecular flexibility index (Phi) is 3.57. The summed E-state index contributed by atoms with van der Waals surface area (Å²) in [5.41, 5.74) is 2.79. The monoisotopic (exact) mass is 323 g/mol. The maximum atomic E-state index is 6.10. The van der Waals surface area contributed by atoms with Crippen LogP contribution in [0, 0.1) is 6.92 Å². The molecule has 0 fully saturated rings. The van der Waals surface area contributed by atoms with Crippen LogP contribution < -0.4 is 10.1 Å². The number of aromatic amines is 1. The van der Waals surface area contributed by atoms with Gasteiger partial charge in [0.15, 0.2) is 11.5 Å². The Labute approximate surface area is 130 Å². The average molecular weight is 324 g/mol. The van der Waals surface area contributed by atoms with Crippen LogP contribution >= 0.6 is 23.2 Å². The molecule has 0 aliphatic heterocycles. The number of halogens is 2. The molecule has 0 unspecified atom stereocenters. The van der Waals surface area contributed by atoms with Crippen LogP contribution in [0.5, 0.6) is 5.75 Å². The van der Waals surface area contributed by atoms with E-state index in [1.807, 2.05) is 13.0 Å². The molecule has 3 aromatic rings. The van der Waals surface area contributed by atoms with Gasteiger partial charge in [0.25, 0.3) is 0 Å². The highest BCUT2D eigenvalue weighted by molar-refractivity contribution is 6.31. The SMILES string of the molecule is COc1cc(Cl)c(C)cc1Nc1nc(Cl)nc2nc[nH]c12. The summed E-state index contributed by atoms with van der Waals surface area (Å²) in [4.78, 5) is 15.3. The summed E-state index contributed by atoms with van der Waals surface area (Å²) in [6.45, 7) is 1.91. The molecule has 0 spiro atoms. The zero-order chi connectivity index (χ0) is 15.0. The Bertz CT molecular complexity index is 818. The first kappa shape index (κ1) is 13.9. The molecule has 0 saturated carbocycles. The Morgan fingerprint density at radius 2 is 2.05 bits per heavy atom. The minimum Gasteiger partial charge on any atom is -0.495 e. The second-order valence-electron chi connectivity index (χ2n) is 4.37. The fourth-order valence-electron chi connectivity index (χ4n) is 1.95. The minimum absolute atomic E-state index is 0.113. The number of hydrogen-bond donors (Lipinski definition) is 2. The van der Waals surface area contributed by atoms with Gasteiger partial charge in [0.1, 0.15) is 11.3 Å². The number of ether oxygens (including phenoxy) is 1. The van der Waals surface area contributed by atoms with Crippen molar-refractivity contribution in [2.24, 2.45) is 0 Å². The fraction of sp³-hybridized carbons (Fsp3) is 0.154. The topological polar surface area (TPSA) is 75.7 Å². The zero-order valence-corrected chi connectivity index (χ0v) is 12.7. The molecule has 8 heteroatoms. The molecule has 2 aromatic heterocycles. The maximum Gasteiger partial charge on any atom is 0.226 e. The Morgan fingerprint density at radius 3 is 2.81 bits per heavy atom. The summed E-state index contributed by atoms with van der Waals surface area (Å²) in [5.74, 6) is 1.12. The summed E-state index contributed by atoms with van der Waals surface area (Å²) >= 11 is 12.0. The third-order valence-electron chi connectivity index (χ3n) is 2.99. The predicted molar refractivity (Wildman–Crippen MR) is 82.7 cm³/mol. The molecule has 0 saturated heterocycles. The van der Waals surface area contributed by atoms with E-state index in [1.54, 1.807) is 13.2 Å². The lowest BCUT2D eigenvalue weighted by atomic mass is 10.2. The number of imidazole rings is 1. The zero-order valence-electron chi connectivity index (χ0n) is 11.2. The van der Waals surface area contributed by atoms with Gasteiger partial charge in [0.05, 0.1) is 19.1 Å². The number of nitrogens with one attached hydrogen (secondary N) is 2. The highest BCUT2D eigenvalue weighted by Gasteiger charge is 2.13. The first-order chi connectivity index (χ1) is 10.1. The van der Waals surface area contributed by atoms with E-state index in [0.29, 0.717) is 27.8 Å². The van der Waals surface area contributed by atoms with Crippen molar-refractivity contribution in [2.75, 3.05) is 12.4 Å². The van der Waals surface area contributed by atoms with Gasteiger partial charge in [-0.15, -0.1) is 0 Å². The smallest absolute Gasteiger partial charge is 0.226 e. The number of hydrogen-bond acceptors (Lipinski definition) is 5. The first-order valence-electron chi connectivity index (χ1n) is 6.06. The van der Waals surface area contributed by atoms with E-state index in [1.165, 1.54) is 6.33 Å². The van der Waals surface area contributed by atoms with Gasteiger partial charge >= 0.3 is 0 Å². The standard InChI is InChI=1S/C13H11Cl2N5O/c1-6-3-8(9(21-2)4-7(6)14)18-12-10-11(17-5-16-10)19-13(15)20-12/h3-5H,1-2H3,(H2,16,17,18,19,20). The molecule has 0 radical (unpaired) electrons. The van der Waals surface area contributed by atoms with Crippen LogP contribution in [0.3, 0.4) is 0 Å². The lowest BCUT2D eigenvalue weighted by Crippen LogP contribution is -2.00. The van der Waals surface area contributed by atoms with Crippen LogP contribution in [0.25, 0.3) is 11.2 Å². The molecule has 0 bridgehead atoms. The van der Waals surface area contributed by atoms with E-state index >= 15 is 0 Å². The number of nitrogens with zero attached hydrogens (tertiary/aromatic N) is 3. The Morgan fingerprint density at radius 1 is 1.24 bits per heavy atom. The van der Waals surface area contributed by atoms with Gasteiger partial charge in [-0.3, -0.25) is 0 Å². The number of aryl methyl sites for hydroxylation is 1. The van der Waals surface area contributed by atoms with Gasteiger partial charge in [0.2, 0.25) is 5.28 Å². The number of benzene rings is 1. The first-order valence-corrected chi connectivity index (χ1v) is 6.82. The molecule has 0 atom stereocenters. The molecular formula is C13H11Cl2N5O. The molecule has 108 valence electrons. The molecule has 3 rings (SSSR count). The number of rotatable bonds is 3. The van der Waals surface area contributed by atoms with Crippen molar-refractivity contribution in [3.8, 4) is 5.75 Å². The highest BCUT2D eigenvalue weighted by Crippen LogP contribution is 2.34. The summed E-state index contributed by atoms with van der Waals surface area (Å²) in [6.07, 6.45) is 1.53. The largest absolute Gasteiger partial charge is 0.495 e. The van der Waals surface area contributed by atoms with E-state index in [0.717, 1.165) is 11.3 Å². The van der Waals surface area contributed by atoms with Crippen LogP contribution in [0.1, 0.15) is 5.56 Å². The van der Waals surface area contributed by atoms with E-state index in [-0.39, 0.29) is 5.28 Å². The van der Waals surface area contributed by atoms with Crippen molar-refractivity contribution in [3.05, 3.63) is 34.3 Å². The quantitative estimate of drug-likeness (QED) is 0.718. The summed E-state index contributed by atoms with van der Waals surface area (Å²) in [6, 6.07) is 3.62. The number of H-pyrrole nitrogens is 1. The van der Waals surface area contributed by atoms with Gasteiger partial charge < -0.3 is 15.0 Å². The van der Waals surface area contributed by atoms with E-state index in [4.69, 9.17) is 27.9 Å². The Balaban J connectivity index is 2.10. The van der Waals surface area contributed by atoms with Gasteiger partial charge in [-0.25, -0.2) is 4.98 Å². The lowest BCUT2D eigenvalue weighted by molar-refractivity contribution is 0.416. The highest BCUT2D eigenvalue weighted by atomic mass is 35.5. The maximum absolute atomic E-state index is 6.10. The van der Waals surface area contributed by atoms with Crippen molar-refractivity contribution in [1.82, 2.24) is 19.9 Å². The van der Waals surface area contributed by atoms with Crippen molar-refractivity contribution in [2.45, 2.75) is 6.92 Å². The number of fused-ring (bicyclic) bond motifs is 1. The molecule has 1 aromatic carbocycles. The third kappa shape index (κ3) is 2.59. The normalized spacial score (nSPS) is 10.9. The van der Waals surface area contributed by atoms with Crippen molar-refractivity contribution in [1.29, 1.82) is 0 Å². The van der Waals surface area contributed by atoms with Crippen LogP contribution in [0.15, 0.2) is 18.5 Å².